The van der Waals surface area contributed by atoms with Crippen LogP contribution in [0.4, 0.5) is 0 Å². The molecule has 75 heavy (non-hydrogen) atoms. The quantitative estimate of drug-likeness (QED) is 0.0261. The van der Waals surface area contributed by atoms with E-state index in [4.69, 9.17) is 14.2 Å². The molecule has 0 spiro atoms. The van der Waals surface area contributed by atoms with E-state index in [2.05, 4.69) is 154 Å². The number of ether oxygens (including phenoxy) is 3. The number of allylic oxidation sites excluding steroid dienone is 22. The molecule has 0 fully saturated rings. The van der Waals surface area contributed by atoms with Crippen molar-refractivity contribution in [3.05, 3.63) is 134 Å². The van der Waals surface area contributed by atoms with Crippen molar-refractivity contribution >= 4 is 17.9 Å². The normalized spacial score (nSPS) is 13.1. The van der Waals surface area contributed by atoms with Gasteiger partial charge in [-0.05, 0) is 135 Å². The predicted octanol–water partition coefficient (Wildman–Crippen LogP) is 21.0. The van der Waals surface area contributed by atoms with Gasteiger partial charge < -0.3 is 14.2 Å². The summed E-state index contributed by atoms with van der Waals surface area (Å²) in [5, 5.41) is 0. The van der Waals surface area contributed by atoms with Gasteiger partial charge in [0.15, 0.2) is 6.10 Å². The van der Waals surface area contributed by atoms with Gasteiger partial charge in [0.1, 0.15) is 13.2 Å². The van der Waals surface area contributed by atoms with Gasteiger partial charge in [-0.25, -0.2) is 0 Å². The third kappa shape index (κ3) is 60.3. The van der Waals surface area contributed by atoms with Crippen LogP contribution in [0.25, 0.3) is 0 Å². The first-order valence-electron chi connectivity index (χ1n) is 30.7. The average Bonchev–Trinajstić information content (AvgIpc) is 3.41. The van der Waals surface area contributed by atoms with Gasteiger partial charge in [0.05, 0.1) is 0 Å². The minimum absolute atomic E-state index is 0.104. The van der Waals surface area contributed by atoms with Crippen molar-refractivity contribution in [2.75, 3.05) is 13.2 Å². The highest BCUT2D eigenvalue weighted by molar-refractivity contribution is 5.71. The van der Waals surface area contributed by atoms with Crippen molar-refractivity contribution in [1.82, 2.24) is 0 Å². The van der Waals surface area contributed by atoms with Crippen molar-refractivity contribution in [2.45, 2.75) is 271 Å². The molecule has 1 atom stereocenters. The van der Waals surface area contributed by atoms with Crippen molar-refractivity contribution < 1.29 is 28.6 Å². The number of carbonyl (C=O) groups excluding carboxylic acids is 3. The largest absolute Gasteiger partial charge is 0.462 e. The van der Waals surface area contributed by atoms with Gasteiger partial charge in [-0.2, -0.15) is 0 Å². The van der Waals surface area contributed by atoms with E-state index in [0.29, 0.717) is 19.3 Å². The van der Waals surface area contributed by atoms with Crippen LogP contribution >= 0.6 is 0 Å². The van der Waals surface area contributed by atoms with Gasteiger partial charge in [0.25, 0.3) is 0 Å². The molecule has 0 aromatic carbocycles. The second-order valence-electron chi connectivity index (χ2n) is 19.8. The summed E-state index contributed by atoms with van der Waals surface area (Å²) < 4.78 is 16.8. The summed E-state index contributed by atoms with van der Waals surface area (Å²) in [6.07, 6.45) is 87.4. The van der Waals surface area contributed by atoms with Crippen LogP contribution in [-0.4, -0.2) is 37.2 Å². The number of carbonyl (C=O) groups is 3. The van der Waals surface area contributed by atoms with Crippen molar-refractivity contribution in [3.8, 4) is 0 Å². The van der Waals surface area contributed by atoms with E-state index in [-0.39, 0.29) is 37.5 Å². The fourth-order valence-electron chi connectivity index (χ4n) is 8.08. The smallest absolute Gasteiger partial charge is 0.306 e. The fourth-order valence-corrected chi connectivity index (χ4v) is 8.08. The van der Waals surface area contributed by atoms with Crippen LogP contribution in [0.15, 0.2) is 134 Å². The maximum absolute atomic E-state index is 12.9. The zero-order valence-electron chi connectivity index (χ0n) is 48.5. The third-order valence-corrected chi connectivity index (χ3v) is 12.6. The molecule has 0 saturated heterocycles. The Morgan fingerprint density at radius 2 is 0.520 bits per heavy atom. The third-order valence-electron chi connectivity index (χ3n) is 12.6. The van der Waals surface area contributed by atoms with Gasteiger partial charge in [0.2, 0.25) is 0 Å². The summed E-state index contributed by atoms with van der Waals surface area (Å²) >= 11 is 0. The highest BCUT2D eigenvalue weighted by atomic mass is 16.6. The van der Waals surface area contributed by atoms with Gasteiger partial charge in [0, 0.05) is 19.3 Å². The lowest BCUT2D eigenvalue weighted by Crippen LogP contribution is -2.30. The monoisotopic (exact) mass is 1040 g/mol. The number of hydrogen-bond donors (Lipinski definition) is 0. The Balaban J connectivity index is 4.37. The van der Waals surface area contributed by atoms with E-state index in [1.165, 1.54) is 83.5 Å². The van der Waals surface area contributed by atoms with Crippen molar-refractivity contribution in [3.63, 3.8) is 0 Å². The van der Waals surface area contributed by atoms with Crippen LogP contribution in [0.3, 0.4) is 0 Å². The molecule has 0 bridgehead atoms. The van der Waals surface area contributed by atoms with Crippen LogP contribution in [0.5, 0.6) is 0 Å². The standard InChI is InChI=1S/C69H112O6/c1-4-7-10-13-16-19-22-25-28-29-30-31-32-33-34-35-36-37-38-39-42-44-47-50-53-56-59-62-68(71)74-65-66(75-69(72)63-60-57-54-51-48-45-41-27-24-21-18-15-12-9-6-3)64-73-67(70)61-58-55-52-49-46-43-40-26-23-20-17-14-11-8-5-2/h7,9-10,12,16-21,25-28,30-31,33-34,40-41,48,51,66H,4-6,8,11,13-15,22-24,29,32,35-39,42-47,49-50,52-65H2,1-3H3/b10-7-,12-9-,19-16-,20-17-,21-18-,28-25-,31-30-,34-33-,40-26-,41-27-,51-48-. The van der Waals surface area contributed by atoms with Crippen molar-refractivity contribution in [1.29, 1.82) is 0 Å². The first-order valence-corrected chi connectivity index (χ1v) is 30.7. The summed E-state index contributed by atoms with van der Waals surface area (Å²) in [5.41, 5.74) is 0. The Bertz CT molecular complexity index is 1620. The molecular weight excluding hydrogens is 925 g/mol. The van der Waals surface area contributed by atoms with E-state index in [0.717, 1.165) is 135 Å². The second-order valence-corrected chi connectivity index (χ2v) is 19.8. The number of rotatable bonds is 54. The molecule has 1 unspecified atom stereocenters. The Hall–Kier alpha value is -4.45. The molecule has 0 amide bonds. The first-order chi connectivity index (χ1) is 37.0. The topological polar surface area (TPSA) is 78.9 Å². The van der Waals surface area contributed by atoms with Gasteiger partial charge in [-0.3, -0.25) is 14.4 Å². The molecule has 6 heteroatoms. The van der Waals surface area contributed by atoms with E-state index in [1.807, 2.05) is 0 Å². The summed E-state index contributed by atoms with van der Waals surface area (Å²) in [5.74, 6) is -0.964. The molecule has 0 N–H and O–H groups in total. The van der Waals surface area contributed by atoms with Gasteiger partial charge in [-0.15, -0.1) is 0 Å². The van der Waals surface area contributed by atoms with Crippen LogP contribution in [0.2, 0.25) is 0 Å². The molecule has 0 aliphatic rings. The van der Waals surface area contributed by atoms with Crippen molar-refractivity contribution in [2.24, 2.45) is 0 Å². The summed E-state index contributed by atoms with van der Waals surface area (Å²) in [6, 6.07) is 0. The summed E-state index contributed by atoms with van der Waals surface area (Å²) in [6.45, 7) is 6.34. The minimum Gasteiger partial charge on any atom is -0.462 e. The summed E-state index contributed by atoms with van der Waals surface area (Å²) in [4.78, 5) is 38.2. The maximum Gasteiger partial charge on any atom is 0.306 e. The molecule has 0 aliphatic heterocycles. The predicted molar refractivity (Wildman–Crippen MR) is 325 cm³/mol. The highest BCUT2D eigenvalue weighted by Crippen LogP contribution is 2.15. The Morgan fingerprint density at radius 1 is 0.280 bits per heavy atom. The zero-order chi connectivity index (χ0) is 54.3. The SMILES string of the molecule is CC/C=C\C/C=C\C/C=C\C/C=C\C/C=C\CCCCCCCCCCCCCC(=O)OCC(COC(=O)CCCCCCC/C=C\C/C=C\CCCCC)OC(=O)CCCC/C=C\C/C=C\C/C=C\C/C=C\CC. The van der Waals surface area contributed by atoms with E-state index in [9.17, 15) is 14.4 Å². The first kappa shape index (κ1) is 70.5. The van der Waals surface area contributed by atoms with Crippen LogP contribution < -0.4 is 0 Å². The Kier molecular flexibility index (Phi) is 58.4. The number of esters is 3. The lowest BCUT2D eigenvalue weighted by molar-refractivity contribution is -0.167. The highest BCUT2D eigenvalue weighted by Gasteiger charge is 2.19. The molecular formula is C69H112O6. The average molecular weight is 1040 g/mol. The van der Waals surface area contributed by atoms with E-state index >= 15 is 0 Å². The second kappa shape index (κ2) is 62.1. The Morgan fingerprint density at radius 3 is 0.840 bits per heavy atom. The van der Waals surface area contributed by atoms with E-state index < -0.39 is 6.10 Å². The maximum atomic E-state index is 12.9. The minimum atomic E-state index is -0.812. The lowest BCUT2D eigenvalue weighted by Gasteiger charge is -2.18. The molecule has 0 radical (unpaired) electrons. The van der Waals surface area contributed by atoms with Crippen LogP contribution in [0, 0.1) is 0 Å². The number of hydrogen-bond acceptors (Lipinski definition) is 6. The summed E-state index contributed by atoms with van der Waals surface area (Å²) in [7, 11) is 0. The molecule has 0 saturated carbocycles. The molecule has 0 aromatic heterocycles. The van der Waals surface area contributed by atoms with Gasteiger partial charge >= 0.3 is 17.9 Å². The molecule has 6 nitrogen and oxygen atoms in total. The van der Waals surface area contributed by atoms with Gasteiger partial charge in [-0.1, -0.05) is 244 Å². The van der Waals surface area contributed by atoms with E-state index in [1.54, 1.807) is 0 Å². The lowest BCUT2D eigenvalue weighted by atomic mass is 10.0. The number of unbranched alkanes of at least 4 members (excludes halogenated alkanes) is 21. The fraction of sp³-hybridized carbons (Fsp3) is 0.638. The van der Waals surface area contributed by atoms with Crippen LogP contribution in [-0.2, 0) is 28.6 Å². The molecule has 0 aromatic rings. The molecule has 0 heterocycles. The molecule has 424 valence electrons. The Labute approximate surface area is 462 Å². The van der Waals surface area contributed by atoms with Crippen LogP contribution in [0.1, 0.15) is 265 Å². The zero-order valence-corrected chi connectivity index (χ0v) is 48.5. The molecule has 0 aliphatic carbocycles. The molecule has 0 rings (SSSR count).